The van der Waals surface area contributed by atoms with Crippen molar-refractivity contribution in [2.75, 3.05) is 13.2 Å². The van der Waals surface area contributed by atoms with Crippen molar-refractivity contribution in [1.29, 1.82) is 0 Å². The van der Waals surface area contributed by atoms with Crippen molar-refractivity contribution in [3.05, 3.63) is 60.8 Å². The van der Waals surface area contributed by atoms with Crippen LogP contribution in [0.5, 0.6) is 0 Å². The van der Waals surface area contributed by atoms with Crippen LogP contribution in [0.3, 0.4) is 0 Å². The predicted octanol–water partition coefficient (Wildman–Crippen LogP) is 24.3. The van der Waals surface area contributed by atoms with Crippen LogP contribution in [0.4, 0.5) is 0 Å². The van der Waals surface area contributed by atoms with Crippen molar-refractivity contribution >= 4 is 17.9 Å². The molecule has 0 aromatic rings. The maximum atomic E-state index is 13.0. The van der Waals surface area contributed by atoms with E-state index in [9.17, 15) is 14.4 Å². The number of hydrogen-bond acceptors (Lipinski definition) is 6. The minimum absolute atomic E-state index is 0.0755. The fourth-order valence-corrected chi connectivity index (χ4v) is 10.5. The molecule has 0 saturated heterocycles. The molecule has 0 aromatic heterocycles. The molecule has 0 bridgehead atoms. The Labute approximate surface area is 498 Å². The maximum Gasteiger partial charge on any atom is 0.306 e. The summed E-state index contributed by atoms with van der Waals surface area (Å²) in [7, 11) is 0. The number of hydrogen-bond donors (Lipinski definition) is 0. The molecule has 0 aromatic carbocycles. The number of allylic oxidation sites excluding steroid dienone is 10. The monoisotopic (exact) mass is 1120 g/mol. The van der Waals surface area contributed by atoms with Gasteiger partial charge in [-0.1, -0.05) is 332 Å². The molecule has 0 N–H and O–H groups in total. The Morgan fingerprint density at radius 3 is 0.787 bits per heavy atom. The molecule has 0 aliphatic rings. The van der Waals surface area contributed by atoms with Crippen molar-refractivity contribution in [1.82, 2.24) is 0 Å². The van der Waals surface area contributed by atoms with E-state index >= 15 is 0 Å². The highest BCUT2D eigenvalue weighted by Gasteiger charge is 2.19. The van der Waals surface area contributed by atoms with Gasteiger partial charge in [0.25, 0.3) is 0 Å². The molecule has 0 aliphatic carbocycles. The number of ether oxygens (including phenoxy) is 3. The van der Waals surface area contributed by atoms with Crippen LogP contribution in [-0.2, 0) is 28.6 Å². The Hall–Kier alpha value is -2.89. The fourth-order valence-electron chi connectivity index (χ4n) is 10.5. The van der Waals surface area contributed by atoms with Crippen molar-refractivity contribution in [2.24, 2.45) is 0 Å². The summed E-state index contributed by atoms with van der Waals surface area (Å²) in [5, 5.41) is 0. The minimum Gasteiger partial charge on any atom is -0.462 e. The van der Waals surface area contributed by atoms with Gasteiger partial charge in [0.2, 0.25) is 0 Å². The second-order valence-electron chi connectivity index (χ2n) is 23.8. The van der Waals surface area contributed by atoms with Crippen molar-refractivity contribution in [2.45, 2.75) is 380 Å². The van der Waals surface area contributed by atoms with Gasteiger partial charge in [-0.2, -0.15) is 0 Å². The molecule has 0 fully saturated rings. The second-order valence-corrected chi connectivity index (χ2v) is 23.8. The lowest BCUT2D eigenvalue weighted by Crippen LogP contribution is -2.30. The Bertz CT molecular complexity index is 1430. The largest absolute Gasteiger partial charge is 0.462 e. The van der Waals surface area contributed by atoms with E-state index in [1.54, 1.807) is 0 Å². The summed E-state index contributed by atoms with van der Waals surface area (Å²) in [6.07, 6.45) is 88.2. The summed E-state index contributed by atoms with van der Waals surface area (Å²) < 4.78 is 17.0. The van der Waals surface area contributed by atoms with Crippen LogP contribution in [0.15, 0.2) is 60.8 Å². The zero-order chi connectivity index (χ0) is 57.8. The molecule has 0 heterocycles. The quantitative estimate of drug-likeness (QED) is 0.0261. The highest BCUT2D eigenvalue weighted by molar-refractivity contribution is 5.71. The zero-order valence-electron chi connectivity index (χ0n) is 53.6. The van der Waals surface area contributed by atoms with Crippen molar-refractivity contribution in [3.8, 4) is 0 Å². The molecule has 0 rings (SSSR count). The van der Waals surface area contributed by atoms with Crippen molar-refractivity contribution < 1.29 is 28.6 Å². The zero-order valence-corrected chi connectivity index (χ0v) is 53.6. The van der Waals surface area contributed by atoms with Crippen LogP contribution in [0.2, 0.25) is 0 Å². The summed E-state index contributed by atoms with van der Waals surface area (Å²) in [5.74, 6) is -0.866. The first kappa shape index (κ1) is 77.1. The van der Waals surface area contributed by atoms with Crippen LogP contribution >= 0.6 is 0 Å². The third-order valence-electron chi connectivity index (χ3n) is 15.8. The molecule has 1 unspecified atom stereocenters. The molecular formula is C74H134O6. The van der Waals surface area contributed by atoms with E-state index in [1.165, 1.54) is 244 Å². The van der Waals surface area contributed by atoms with Gasteiger partial charge in [0.15, 0.2) is 6.10 Å². The molecule has 0 amide bonds. The highest BCUT2D eigenvalue weighted by atomic mass is 16.6. The third kappa shape index (κ3) is 65.9. The molecule has 6 nitrogen and oxygen atoms in total. The molecule has 80 heavy (non-hydrogen) atoms. The Morgan fingerprint density at radius 1 is 0.263 bits per heavy atom. The highest BCUT2D eigenvalue weighted by Crippen LogP contribution is 2.18. The predicted molar refractivity (Wildman–Crippen MR) is 348 cm³/mol. The third-order valence-corrected chi connectivity index (χ3v) is 15.8. The van der Waals surface area contributed by atoms with Gasteiger partial charge >= 0.3 is 17.9 Å². The first-order valence-electron chi connectivity index (χ1n) is 35.3. The van der Waals surface area contributed by atoms with E-state index in [1.807, 2.05) is 0 Å². The van der Waals surface area contributed by atoms with Gasteiger partial charge in [-0.15, -0.1) is 0 Å². The summed E-state index contributed by atoms with van der Waals surface area (Å²) in [6.45, 7) is 6.56. The fraction of sp³-hybridized carbons (Fsp3) is 0.824. The number of carbonyl (C=O) groups excluding carboxylic acids is 3. The minimum atomic E-state index is -0.781. The number of rotatable bonds is 65. The number of unbranched alkanes of at least 4 members (excludes halogenated alkanes) is 44. The Kier molecular flexibility index (Phi) is 66.1. The standard InChI is InChI=1S/C74H134O6/c1-4-7-10-13-16-19-22-25-28-31-33-34-35-36-37-38-39-41-43-46-49-52-55-58-61-64-67-73(76)79-70-71(69-78-72(75)66-63-60-57-54-51-48-45-42-30-27-24-21-18-15-12-9-6-3)80-74(77)68-65-62-59-56-53-50-47-44-40-32-29-26-23-20-17-14-11-8-5-2/h9,12,17-18,20-21,26-27,29-30,71H,4-8,10-11,13-16,19,22-25,28,31-70H2,1-3H3/b12-9-,20-17-,21-18-,29-26-,30-27-. The lowest BCUT2D eigenvalue weighted by molar-refractivity contribution is -0.167. The normalized spacial score (nSPS) is 12.4. The first-order valence-corrected chi connectivity index (χ1v) is 35.3. The van der Waals surface area contributed by atoms with E-state index in [2.05, 4.69) is 81.5 Å². The van der Waals surface area contributed by atoms with E-state index in [-0.39, 0.29) is 31.1 Å². The summed E-state index contributed by atoms with van der Waals surface area (Å²) >= 11 is 0. The van der Waals surface area contributed by atoms with Gasteiger partial charge in [-0.05, 0) is 83.5 Å². The van der Waals surface area contributed by atoms with Crippen LogP contribution in [0.1, 0.15) is 374 Å². The van der Waals surface area contributed by atoms with Crippen LogP contribution in [0, 0.1) is 0 Å². The smallest absolute Gasteiger partial charge is 0.306 e. The topological polar surface area (TPSA) is 78.9 Å². The molecule has 0 aliphatic heterocycles. The lowest BCUT2D eigenvalue weighted by Gasteiger charge is -2.18. The van der Waals surface area contributed by atoms with E-state index in [0.717, 1.165) is 89.9 Å². The molecule has 0 radical (unpaired) electrons. The van der Waals surface area contributed by atoms with Gasteiger partial charge in [0, 0.05) is 19.3 Å². The number of carbonyl (C=O) groups is 3. The molecule has 1 atom stereocenters. The second kappa shape index (κ2) is 68.6. The van der Waals surface area contributed by atoms with E-state index < -0.39 is 6.10 Å². The Balaban J connectivity index is 4.28. The lowest BCUT2D eigenvalue weighted by atomic mass is 10.0. The maximum absolute atomic E-state index is 13.0. The van der Waals surface area contributed by atoms with Gasteiger partial charge in [-0.25, -0.2) is 0 Å². The summed E-state index contributed by atoms with van der Waals surface area (Å²) in [6, 6.07) is 0. The Morgan fingerprint density at radius 2 is 0.487 bits per heavy atom. The molecule has 0 spiro atoms. The summed E-state index contributed by atoms with van der Waals surface area (Å²) in [5.41, 5.74) is 0. The molecule has 466 valence electrons. The van der Waals surface area contributed by atoms with Gasteiger partial charge in [0.1, 0.15) is 13.2 Å². The van der Waals surface area contributed by atoms with Gasteiger partial charge in [0.05, 0.1) is 0 Å². The average Bonchev–Trinajstić information content (AvgIpc) is 3.46. The van der Waals surface area contributed by atoms with Crippen LogP contribution in [0.25, 0.3) is 0 Å². The molecular weight excluding hydrogens is 985 g/mol. The SMILES string of the molecule is CC/C=C\C/C=C\C/C=C\CCCCCCCCCC(=O)OCC(COC(=O)CCCCCCCCCCCCCCCCCCCCCCCCCCCC)OC(=O)CCCCCCCCCCC/C=C\C/C=C\CCCCC. The van der Waals surface area contributed by atoms with Gasteiger partial charge < -0.3 is 14.2 Å². The number of esters is 3. The van der Waals surface area contributed by atoms with Crippen LogP contribution in [-0.4, -0.2) is 37.2 Å². The van der Waals surface area contributed by atoms with E-state index in [4.69, 9.17) is 14.2 Å². The van der Waals surface area contributed by atoms with Crippen molar-refractivity contribution in [3.63, 3.8) is 0 Å². The van der Waals surface area contributed by atoms with E-state index in [0.29, 0.717) is 19.3 Å². The van der Waals surface area contributed by atoms with Gasteiger partial charge in [-0.3, -0.25) is 14.4 Å². The van der Waals surface area contributed by atoms with Crippen LogP contribution < -0.4 is 0 Å². The molecule has 6 heteroatoms. The molecule has 0 saturated carbocycles. The average molecular weight is 1120 g/mol. The first-order chi connectivity index (χ1) is 39.5. The summed E-state index contributed by atoms with van der Waals surface area (Å²) in [4.78, 5) is 38.5.